The van der Waals surface area contributed by atoms with Crippen LogP contribution in [0, 0.1) is 35.3 Å². The Hall–Kier alpha value is -2.14. The number of hydrogen-bond donors (Lipinski definition) is 0. The largest absolute Gasteiger partial charge is 0.205 e. The number of unbranched alkanes of at least 4 members (excludes halogenated alkanes) is 1. The molecular formula is C27H32F2. The molecule has 0 aliphatic heterocycles. The summed E-state index contributed by atoms with van der Waals surface area (Å²) in [5, 5.41) is 0. The Morgan fingerprint density at radius 3 is 2.10 bits per heavy atom. The van der Waals surface area contributed by atoms with Crippen LogP contribution in [0.5, 0.6) is 0 Å². The minimum Gasteiger partial charge on any atom is -0.205 e. The smallest absolute Gasteiger partial charge is 0.142 e. The Bertz CT molecular complexity index is 823. The van der Waals surface area contributed by atoms with Gasteiger partial charge in [-0.05, 0) is 73.3 Å². The highest BCUT2D eigenvalue weighted by Gasteiger charge is 2.19. The molecule has 2 aromatic carbocycles. The van der Waals surface area contributed by atoms with E-state index in [0.717, 1.165) is 43.6 Å². The summed E-state index contributed by atoms with van der Waals surface area (Å²) in [5.41, 5.74) is 2.56. The molecule has 0 saturated heterocycles. The Labute approximate surface area is 174 Å². The molecule has 0 bridgehead atoms. The zero-order valence-corrected chi connectivity index (χ0v) is 17.7. The Morgan fingerprint density at radius 2 is 1.52 bits per heavy atom. The fraction of sp³-hybridized carbons (Fsp3) is 0.481. The van der Waals surface area contributed by atoms with Crippen LogP contribution in [0.4, 0.5) is 8.78 Å². The van der Waals surface area contributed by atoms with Gasteiger partial charge in [-0.15, -0.1) is 0 Å². The van der Waals surface area contributed by atoms with Gasteiger partial charge in [0.05, 0.1) is 5.56 Å². The molecule has 0 amide bonds. The van der Waals surface area contributed by atoms with Crippen molar-refractivity contribution in [3.8, 4) is 23.0 Å². The lowest BCUT2D eigenvalue weighted by atomic mass is 9.80. The van der Waals surface area contributed by atoms with Crippen LogP contribution in [0.25, 0.3) is 11.1 Å². The molecule has 1 aliphatic rings. The van der Waals surface area contributed by atoms with Gasteiger partial charge in [-0.3, -0.25) is 0 Å². The molecule has 0 radical (unpaired) electrons. The molecule has 2 heteroatoms. The van der Waals surface area contributed by atoms with Crippen molar-refractivity contribution >= 4 is 0 Å². The minimum absolute atomic E-state index is 0.0935. The van der Waals surface area contributed by atoms with Crippen molar-refractivity contribution in [2.45, 2.75) is 71.6 Å². The molecule has 0 unspecified atom stereocenters. The molecule has 2 aromatic rings. The standard InChI is InChI=1S/C27H32F2/c1-3-5-7-21-12-15-23(16-13-21)24-18-26(28)25(27(29)19-24)17-14-22-10-8-20(6-4-2)9-11-22/h12-13,15-16,18-20,22H,3-11H2,1-2H3/t20-,22-. The van der Waals surface area contributed by atoms with Gasteiger partial charge in [0.25, 0.3) is 0 Å². The summed E-state index contributed by atoms with van der Waals surface area (Å²) in [5.74, 6) is 5.88. The number of aryl methyl sites for hydroxylation is 1. The average Bonchev–Trinajstić information content (AvgIpc) is 2.73. The second kappa shape index (κ2) is 10.6. The first kappa shape index (κ1) is 21.6. The zero-order valence-electron chi connectivity index (χ0n) is 17.7. The molecule has 1 fully saturated rings. The summed E-state index contributed by atoms with van der Waals surface area (Å²) in [6.07, 6.45) is 10.3. The molecule has 154 valence electrons. The minimum atomic E-state index is -0.567. The van der Waals surface area contributed by atoms with E-state index in [0.29, 0.717) is 5.56 Å². The van der Waals surface area contributed by atoms with Crippen molar-refractivity contribution in [3.63, 3.8) is 0 Å². The molecule has 1 aliphatic carbocycles. The molecule has 0 spiro atoms. The van der Waals surface area contributed by atoms with Gasteiger partial charge >= 0.3 is 0 Å². The second-order valence-corrected chi connectivity index (χ2v) is 8.39. The first-order valence-electron chi connectivity index (χ1n) is 11.2. The van der Waals surface area contributed by atoms with Gasteiger partial charge in [0.1, 0.15) is 11.6 Å². The van der Waals surface area contributed by atoms with Gasteiger partial charge in [-0.25, -0.2) is 8.78 Å². The lowest BCUT2D eigenvalue weighted by molar-refractivity contribution is 0.300. The van der Waals surface area contributed by atoms with E-state index >= 15 is 0 Å². The van der Waals surface area contributed by atoms with E-state index in [9.17, 15) is 8.78 Å². The van der Waals surface area contributed by atoms with Crippen molar-refractivity contribution in [2.24, 2.45) is 11.8 Å². The van der Waals surface area contributed by atoms with E-state index < -0.39 is 11.6 Å². The third-order valence-electron chi connectivity index (χ3n) is 6.09. The molecule has 3 rings (SSSR count). The summed E-state index contributed by atoms with van der Waals surface area (Å²) in [4.78, 5) is 0. The highest BCUT2D eigenvalue weighted by molar-refractivity contribution is 5.65. The Balaban J connectivity index is 1.70. The van der Waals surface area contributed by atoms with Crippen molar-refractivity contribution < 1.29 is 8.78 Å². The molecule has 0 aromatic heterocycles. The van der Waals surface area contributed by atoms with Crippen LogP contribution in [-0.2, 0) is 6.42 Å². The molecule has 29 heavy (non-hydrogen) atoms. The molecular weight excluding hydrogens is 362 g/mol. The van der Waals surface area contributed by atoms with E-state index in [2.05, 4.69) is 25.7 Å². The van der Waals surface area contributed by atoms with E-state index in [-0.39, 0.29) is 11.5 Å². The fourth-order valence-electron chi connectivity index (χ4n) is 4.28. The predicted octanol–water partition coefficient (Wildman–Crippen LogP) is 7.93. The molecule has 0 N–H and O–H groups in total. The first-order valence-corrected chi connectivity index (χ1v) is 11.2. The van der Waals surface area contributed by atoms with Crippen LogP contribution in [0.15, 0.2) is 36.4 Å². The van der Waals surface area contributed by atoms with E-state index in [4.69, 9.17) is 0 Å². The van der Waals surface area contributed by atoms with Gasteiger partial charge in [0.2, 0.25) is 0 Å². The average molecular weight is 395 g/mol. The lowest BCUT2D eigenvalue weighted by Gasteiger charge is -2.25. The third-order valence-corrected chi connectivity index (χ3v) is 6.09. The molecule has 0 atom stereocenters. The third kappa shape index (κ3) is 5.92. The van der Waals surface area contributed by atoms with Gasteiger partial charge in [-0.2, -0.15) is 0 Å². The Kier molecular flexibility index (Phi) is 7.87. The summed E-state index contributed by atoms with van der Waals surface area (Å²) >= 11 is 0. The van der Waals surface area contributed by atoms with Gasteiger partial charge in [0.15, 0.2) is 0 Å². The van der Waals surface area contributed by atoms with Crippen LogP contribution in [-0.4, -0.2) is 0 Å². The van der Waals surface area contributed by atoms with Crippen LogP contribution >= 0.6 is 0 Å². The van der Waals surface area contributed by atoms with Crippen molar-refractivity contribution in [1.82, 2.24) is 0 Å². The maximum Gasteiger partial charge on any atom is 0.142 e. The van der Waals surface area contributed by atoms with E-state index in [1.807, 2.05) is 24.3 Å². The lowest BCUT2D eigenvalue weighted by Crippen LogP contribution is -2.13. The van der Waals surface area contributed by atoms with Gasteiger partial charge in [0, 0.05) is 5.92 Å². The normalized spacial score (nSPS) is 18.9. The monoisotopic (exact) mass is 394 g/mol. The van der Waals surface area contributed by atoms with Crippen LogP contribution in [0.2, 0.25) is 0 Å². The summed E-state index contributed by atoms with van der Waals surface area (Å²) in [6, 6.07) is 10.8. The molecule has 1 saturated carbocycles. The first-order chi connectivity index (χ1) is 14.1. The SMILES string of the molecule is CCCCc1ccc(-c2cc(F)c(C#C[C@H]3CC[C@H](CCC)CC3)c(F)c2)cc1. The van der Waals surface area contributed by atoms with Crippen LogP contribution in [0.3, 0.4) is 0 Å². The summed E-state index contributed by atoms with van der Waals surface area (Å²) in [7, 11) is 0. The number of hydrogen-bond acceptors (Lipinski definition) is 0. The van der Waals surface area contributed by atoms with Crippen LogP contribution in [0.1, 0.15) is 76.3 Å². The van der Waals surface area contributed by atoms with Gasteiger partial charge in [-0.1, -0.05) is 69.2 Å². The van der Waals surface area contributed by atoms with Crippen molar-refractivity contribution in [1.29, 1.82) is 0 Å². The topological polar surface area (TPSA) is 0 Å². The summed E-state index contributed by atoms with van der Waals surface area (Å²) in [6.45, 7) is 4.39. The highest BCUT2D eigenvalue weighted by atomic mass is 19.1. The zero-order chi connectivity index (χ0) is 20.6. The van der Waals surface area contributed by atoms with Crippen molar-refractivity contribution in [2.75, 3.05) is 0 Å². The van der Waals surface area contributed by atoms with Crippen molar-refractivity contribution in [3.05, 3.63) is 59.2 Å². The fourth-order valence-corrected chi connectivity index (χ4v) is 4.28. The summed E-state index contributed by atoms with van der Waals surface area (Å²) < 4.78 is 29.2. The maximum absolute atomic E-state index is 14.6. The highest BCUT2D eigenvalue weighted by Crippen LogP contribution is 2.31. The number of rotatable bonds is 6. The predicted molar refractivity (Wildman–Crippen MR) is 118 cm³/mol. The molecule has 0 heterocycles. The van der Waals surface area contributed by atoms with Crippen LogP contribution < -0.4 is 0 Å². The quantitative estimate of drug-likeness (QED) is 0.436. The maximum atomic E-state index is 14.6. The van der Waals surface area contributed by atoms with E-state index in [1.54, 1.807) is 0 Å². The number of benzene rings is 2. The molecule has 0 nitrogen and oxygen atoms in total. The number of halogens is 2. The van der Waals surface area contributed by atoms with E-state index in [1.165, 1.54) is 43.4 Å². The second-order valence-electron chi connectivity index (χ2n) is 8.39. The van der Waals surface area contributed by atoms with Gasteiger partial charge < -0.3 is 0 Å². The Morgan fingerprint density at radius 1 is 0.862 bits per heavy atom.